The number of carbonyl (C=O) groups excluding carboxylic acids is 2. The van der Waals surface area contributed by atoms with Gasteiger partial charge in [0.25, 0.3) is 11.8 Å². The number of nitrogens with zero attached hydrogens (tertiary/aromatic N) is 2. The van der Waals surface area contributed by atoms with Gasteiger partial charge in [-0.1, -0.05) is 73.4 Å². The SMILES string of the molecule is CC1(C)[C@@H]2CC[C@]1(C)C(=NNC(=O)/C=C/C(=O)NN=C1[C@@H](Br)[C@@H]3CC[C@@]1(C)C3(C)C)[C@@H]2Br. The molecular weight excluding hydrogens is 536 g/mol. The summed E-state index contributed by atoms with van der Waals surface area (Å²) >= 11 is 7.57. The summed E-state index contributed by atoms with van der Waals surface area (Å²) < 4.78 is 0. The average Bonchev–Trinajstić information content (AvgIpc) is 3.19. The summed E-state index contributed by atoms with van der Waals surface area (Å²) in [5.41, 5.74) is 7.41. The van der Waals surface area contributed by atoms with E-state index in [1.54, 1.807) is 0 Å². The van der Waals surface area contributed by atoms with Crippen molar-refractivity contribution in [2.45, 2.75) is 76.9 Å². The predicted molar refractivity (Wildman–Crippen MR) is 135 cm³/mol. The van der Waals surface area contributed by atoms with E-state index < -0.39 is 11.8 Å². The molecule has 6 nitrogen and oxygen atoms in total. The maximum atomic E-state index is 12.3. The van der Waals surface area contributed by atoms with Crippen LogP contribution in [-0.4, -0.2) is 32.9 Å². The van der Waals surface area contributed by atoms with Crippen molar-refractivity contribution >= 4 is 55.1 Å². The lowest BCUT2D eigenvalue weighted by Crippen LogP contribution is -2.36. The van der Waals surface area contributed by atoms with Crippen LogP contribution in [0, 0.1) is 33.5 Å². The normalized spacial score (nSPS) is 43.5. The highest BCUT2D eigenvalue weighted by atomic mass is 79.9. The summed E-state index contributed by atoms with van der Waals surface area (Å²) in [5, 5.41) is 8.91. The molecular formula is C24H34Br2N4O2. The number of rotatable bonds is 4. The fourth-order valence-corrected chi connectivity index (χ4v) is 9.90. The van der Waals surface area contributed by atoms with Crippen LogP contribution in [0.25, 0.3) is 0 Å². The van der Waals surface area contributed by atoms with Gasteiger partial charge in [0.05, 0.1) is 21.1 Å². The smallest absolute Gasteiger partial charge is 0.264 e. The molecule has 2 amide bonds. The van der Waals surface area contributed by atoms with Crippen molar-refractivity contribution in [3.05, 3.63) is 12.2 Å². The molecule has 4 fully saturated rings. The maximum absolute atomic E-state index is 12.3. The summed E-state index contributed by atoms with van der Waals surface area (Å²) in [6.07, 6.45) is 6.90. The van der Waals surface area contributed by atoms with Crippen LogP contribution >= 0.6 is 31.9 Å². The Hall–Kier alpha value is -1.02. The van der Waals surface area contributed by atoms with E-state index in [9.17, 15) is 9.59 Å². The second-order valence-corrected chi connectivity index (χ2v) is 13.5. The Morgan fingerprint density at radius 3 is 1.41 bits per heavy atom. The first-order valence-electron chi connectivity index (χ1n) is 11.5. The van der Waals surface area contributed by atoms with E-state index in [4.69, 9.17) is 0 Å². The van der Waals surface area contributed by atoms with Gasteiger partial charge in [0.1, 0.15) is 0 Å². The minimum atomic E-state index is -0.421. The molecule has 0 radical (unpaired) electrons. The highest BCUT2D eigenvalue weighted by Gasteiger charge is 2.65. The van der Waals surface area contributed by atoms with Crippen molar-refractivity contribution in [2.75, 3.05) is 0 Å². The molecule has 4 aliphatic carbocycles. The highest BCUT2D eigenvalue weighted by molar-refractivity contribution is 9.10. The molecule has 8 heteroatoms. The number of carbonyl (C=O) groups is 2. The molecule has 6 atom stereocenters. The van der Waals surface area contributed by atoms with Crippen LogP contribution in [0.1, 0.15) is 67.2 Å². The predicted octanol–water partition coefficient (Wildman–Crippen LogP) is 4.93. The van der Waals surface area contributed by atoms with Crippen molar-refractivity contribution in [2.24, 2.45) is 43.7 Å². The third-order valence-corrected chi connectivity index (χ3v) is 12.1. The van der Waals surface area contributed by atoms with Crippen LogP contribution in [-0.2, 0) is 9.59 Å². The number of hydrogen-bond acceptors (Lipinski definition) is 4. The molecule has 0 aromatic carbocycles. The number of halogens is 2. The number of fused-ring (bicyclic) bond motifs is 4. The summed E-state index contributed by atoms with van der Waals surface area (Å²) in [4.78, 5) is 24.9. The van der Waals surface area contributed by atoms with E-state index in [0.717, 1.165) is 24.3 Å². The minimum Gasteiger partial charge on any atom is -0.268 e. The van der Waals surface area contributed by atoms with E-state index >= 15 is 0 Å². The van der Waals surface area contributed by atoms with Crippen molar-refractivity contribution in [3.63, 3.8) is 0 Å². The first kappa shape index (κ1) is 24.1. The topological polar surface area (TPSA) is 82.9 Å². The van der Waals surface area contributed by atoms with Crippen LogP contribution in [0.2, 0.25) is 0 Å². The van der Waals surface area contributed by atoms with E-state index in [1.165, 1.54) is 25.0 Å². The van der Waals surface area contributed by atoms with Crippen LogP contribution in [0.4, 0.5) is 0 Å². The van der Waals surface area contributed by atoms with Gasteiger partial charge < -0.3 is 0 Å². The zero-order chi connectivity index (χ0) is 23.7. The highest BCUT2D eigenvalue weighted by Crippen LogP contribution is 2.66. The fourth-order valence-electron chi connectivity index (χ4n) is 6.83. The van der Waals surface area contributed by atoms with Crippen LogP contribution in [0.15, 0.2) is 22.4 Å². The molecule has 0 aliphatic heterocycles. The standard InChI is InChI=1S/C24H34Br2N4O2/c1-21(2)13-9-11-23(21,5)19(17(13)25)29-27-15(31)7-8-16(32)28-30-20-18(26)14-10-12-24(20,6)22(14,3)4/h7-8,13-14,17-18H,9-12H2,1-6H3,(H,27,31)(H,28,32)/b8-7+,29-19?,30-20?/t13-,14+,17-,18+,23-,24-/m1/s1. The van der Waals surface area contributed by atoms with Crippen LogP contribution < -0.4 is 10.9 Å². The third kappa shape index (κ3) is 3.22. The Kier molecular flexibility index (Phi) is 5.84. The lowest BCUT2D eigenvalue weighted by atomic mass is 9.70. The second-order valence-electron chi connectivity index (χ2n) is 11.5. The molecule has 176 valence electrons. The van der Waals surface area contributed by atoms with E-state index in [-0.39, 0.29) is 31.3 Å². The van der Waals surface area contributed by atoms with Crippen molar-refractivity contribution in [1.82, 2.24) is 10.9 Å². The molecule has 4 saturated carbocycles. The van der Waals surface area contributed by atoms with Crippen molar-refractivity contribution < 1.29 is 9.59 Å². The quantitative estimate of drug-likeness (QED) is 0.286. The number of alkyl halides is 2. The molecule has 0 spiro atoms. The molecule has 0 aromatic rings. The third-order valence-electron chi connectivity index (χ3n) is 9.93. The van der Waals surface area contributed by atoms with Gasteiger partial charge in [0, 0.05) is 23.0 Å². The molecule has 4 rings (SSSR count). The average molecular weight is 570 g/mol. The monoisotopic (exact) mass is 568 g/mol. The lowest BCUT2D eigenvalue weighted by Gasteiger charge is -2.34. The summed E-state index contributed by atoms with van der Waals surface area (Å²) in [7, 11) is 0. The summed E-state index contributed by atoms with van der Waals surface area (Å²) in [6, 6.07) is 0. The van der Waals surface area contributed by atoms with Gasteiger partial charge in [0.15, 0.2) is 0 Å². The summed E-state index contributed by atoms with van der Waals surface area (Å²) in [6.45, 7) is 13.6. The molecule has 4 bridgehead atoms. The Morgan fingerprint density at radius 1 is 0.781 bits per heavy atom. The van der Waals surface area contributed by atoms with Crippen molar-refractivity contribution in [1.29, 1.82) is 0 Å². The summed E-state index contributed by atoms with van der Waals surface area (Å²) in [5.74, 6) is 0.185. The van der Waals surface area contributed by atoms with Gasteiger partial charge in [-0.25, -0.2) is 10.9 Å². The lowest BCUT2D eigenvalue weighted by molar-refractivity contribution is -0.118. The first-order valence-corrected chi connectivity index (χ1v) is 13.3. The zero-order valence-corrected chi connectivity index (χ0v) is 22.9. The number of nitrogens with one attached hydrogen (secondary N) is 2. The minimum absolute atomic E-state index is 0.0346. The Bertz CT molecular complexity index is 866. The van der Waals surface area contributed by atoms with Crippen LogP contribution in [0.5, 0.6) is 0 Å². The van der Waals surface area contributed by atoms with Crippen molar-refractivity contribution in [3.8, 4) is 0 Å². The molecule has 4 aliphatic rings. The fraction of sp³-hybridized carbons (Fsp3) is 0.750. The molecule has 32 heavy (non-hydrogen) atoms. The number of hydrazone groups is 2. The molecule has 0 aromatic heterocycles. The van der Waals surface area contributed by atoms with Crippen LogP contribution in [0.3, 0.4) is 0 Å². The largest absolute Gasteiger partial charge is 0.268 e. The Morgan fingerprint density at radius 2 is 1.12 bits per heavy atom. The molecule has 0 saturated heterocycles. The maximum Gasteiger partial charge on any atom is 0.264 e. The first-order chi connectivity index (χ1) is 14.8. The van der Waals surface area contributed by atoms with Gasteiger partial charge in [0.2, 0.25) is 0 Å². The Balaban J connectivity index is 1.37. The molecule has 0 unspecified atom stereocenters. The van der Waals surface area contributed by atoms with Gasteiger partial charge in [-0.05, 0) is 48.3 Å². The number of hydrogen-bond donors (Lipinski definition) is 2. The van der Waals surface area contributed by atoms with E-state index in [0.29, 0.717) is 11.8 Å². The number of amides is 2. The molecule has 2 N–H and O–H groups in total. The van der Waals surface area contributed by atoms with E-state index in [2.05, 4.69) is 94.5 Å². The van der Waals surface area contributed by atoms with Gasteiger partial charge >= 0.3 is 0 Å². The van der Waals surface area contributed by atoms with E-state index in [1.807, 2.05) is 0 Å². The zero-order valence-electron chi connectivity index (χ0n) is 19.8. The van der Waals surface area contributed by atoms with Gasteiger partial charge in [-0.2, -0.15) is 10.2 Å². The van der Waals surface area contributed by atoms with Gasteiger partial charge in [-0.15, -0.1) is 0 Å². The second kappa shape index (κ2) is 7.76. The molecule has 0 heterocycles. The Labute approximate surface area is 207 Å². The van der Waals surface area contributed by atoms with Gasteiger partial charge in [-0.3, -0.25) is 9.59 Å².